The van der Waals surface area contributed by atoms with Crippen LogP contribution < -0.4 is 5.73 Å². The van der Waals surface area contributed by atoms with E-state index in [2.05, 4.69) is 4.99 Å². The van der Waals surface area contributed by atoms with E-state index >= 15 is 0 Å². The van der Waals surface area contributed by atoms with Gasteiger partial charge in [-0.1, -0.05) is 12.1 Å². The number of nitrogens with two attached hydrogens (primary N) is 1. The van der Waals surface area contributed by atoms with Gasteiger partial charge in [0.1, 0.15) is 0 Å². The van der Waals surface area contributed by atoms with Gasteiger partial charge in [0, 0.05) is 5.56 Å². The van der Waals surface area contributed by atoms with Gasteiger partial charge in [-0.15, -0.1) is 0 Å². The summed E-state index contributed by atoms with van der Waals surface area (Å²) in [6.45, 7) is 3.68. The molecule has 0 aliphatic carbocycles. The van der Waals surface area contributed by atoms with Crippen LogP contribution in [0.1, 0.15) is 16.7 Å². The molecule has 0 aliphatic rings. The molecule has 0 aliphatic heterocycles. The second kappa shape index (κ2) is 4.57. The topological polar surface area (TPSA) is 62.2 Å². The van der Waals surface area contributed by atoms with Crippen molar-refractivity contribution in [3.05, 3.63) is 34.9 Å². The first kappa shape index (κ1) is 13.2. The summed E-state index contributed by atoms with van der Waals surface area (Å²) in [5.74, 6) is -2.01. The summed E-state index contributed by atoms with van der Waals surface area (Å²) in [4.78, 5) is 3.04. The molecular formula is C11H12F3N3. The maximum Gasteiger partial charge on any atom is 0.449 e. The summed E-state index contributed by atoms with van der Waals surface area (Å²) in [5.41, 5.74) is 6.92. The molecule has 1 aromatic rings. The Morgan fingerprint density at radius 1 is 1.24 bits per heavy atom. The fourth-order valence-corrected chi connectivity index (χ4v) is 1.14. The highest BCUT2D eigenvalue weighted by Gasteiger charge is 2.33. The quantitative estimate of drug-likeness (QED) is 0.578. The zero-order chi connectivity index (χ0) is 13.2. The van der Waals surface area contributed by atoms with Crippen LogP contribution in [0.15, 0.2) is 23.2 Å². The van der Waals surface area contributed by atoms with Crippen LogP contribution >= 0.6 is 0 Å². The summed E-state index contributed by atoms with van der Waals surface area (Å²) in [5, 5.41) is 7.44. The Balaban J connectivity index is 3.02. The number of aryl methyl sites for hydroxylation is 2. The number of alkyl halides is 3. The molecule has 0 unspecified atom stereocenters. The van der Waals surface area contributed by atoms with Gasteiger partial charge in [-0.3, -0.25) is 5.41 Å². The molecule has 0 bridgehead atoms. The molecule has 0 atom stereocenters. The number of rotatable bonds is 1. The maximum atomic E-state index is 12.1. The fourth-order valence-electron chi connectivity index (χ4n) is 1.14. The van der Waals surface area contributed by atoms with Gasteiger partial charge in [0.25, 0.3) is 0 Å². The Kier molecular flexibility index (Phi) is 3.55. The van der Waals surface area contributed by atoms with Crippen molar-refractivity contribution in [3.63, 3.8) is 0 Å². The van der Waals surface area contributed by atoms with E-state index in [4.69, 9.17) is 11.1 Å². The number of aliphatic imine (C=N–C) groups is 1. The molecule has 0 spiro atoms. The predicted octanol–water partition coefficient (Wildman–Crippen LogP) is 2.55. The number of nitrogens with zero attached hydrogens (tertiary/aromatic N) is 1. The second-order valence-electron chi connectivity index (χ2n) is 3.64. The average molecular weight is 243 g/mol. The van der Waals surface area contributed by atoms with Crippen molar-refractivity contribution in [1.82, 2.24) is 0 Å². The minimum atomic E-state index is -4.70. The molecule has 0 aromatic heterocycles. The maximum absolute atomic E-state index is 12.1. The van der Waals surface area contributed by atoms with Crippen molar-refractivity contribution in [3.8, 4) is 0 Å². The standard InChI is InChI=1S/C11H12F3N3/c1-6-3-4-8(5-7(6)2)9(15)17-10(16)11(12,13)14/h3-5H,1-2H3,(H3,15,16,17). The lowest BCUT2D eigenvalue weighted by molar-refractivity contribution is -0.0597. The second-order valence-corrected chi connectivity index (χ2v) is 3.64. The largest absolute Gasteiger partial charge is 0.449 e. The average Bonchev–Trinajstić information content (AvgIpc) is 2.20. The van der Waals surface area contributed by atoms with E-state index < -0.39 is 17.8 Å². The van der Waals surface area contributed by atoms with Crippen molar-refractivity contribution in [1.29, 1.82) is 5.41 Å². The lowest BCUT2D eigenvalue weighted by Crippen LogP contribution is -2.32. The Bertz CT molecular complexity index is 475. The number of benzene rings is 1. The van der Waals surface area contributed by atoms with Gasteiger partial charge >= 0.3 is 6.18 Å². The van der Waals surface area contributed by atoms with E-state index in [-0.39, 0.29) is 0 Å². The third kappa shape index (κ3) is 3.30. The first-order valence-electron chi connectivity index (χ1n) is 4.79. The van der Waals surface area contributed by atoms with Gasteiger partial charge in [-0.25, -0.2) is 4.99 Å². The van der Waals surface area contributed by atoms with E-state index in [0.29, 0.717) is 5.56 Å². The monoisotopic (exact) mass is 243 g/mol. The van der Waals surface area contributed by atoms with Crippen LogP contribution in [0.2, 0.25) is 0 Å². The van der Waals surface area contributed by atoms with Crippen LogP contribution in [0.5, 0.6) is 0 Å². The molecule has 0 saturated heterocycles. The third-order valence-electron chi connectivity index (χ3n) is 2.30. The lowest BCUT2D eigenvalue weighted by Gasteiger charge is -2.07. The molecule has 0 saturated carbocycles. The number of nitrogens with one attached hydrogen (secondary N) is 1. The van der Waals surface area contributed by atoms with Crippen LogP contribution in [-0.4, -0.2) is 17.8 Å². The zero-order valence-corrected chi connectivity index (χ0v) is 9.39. The van der Waals surface area contributed by atoms with Crippen molar-refractivity contribution in [2.75, 3.05) is 0 Å². The molecule has 3 N–H and O–H groups in total. The number of halogens is 3. The SMILES string of the molecule is Cc1ccc(C(=N)N=C(N)C(F)(F)F)cc1C. The van der Waals surface area contributed by atoms with E-state index in [0.717, 1.165) is 11.1 Å². The number of amidine groups is 2. The fraction of sp³-hybridized carbons (Fsp3) is 0.273. The molecule has 1 aromatic carbocycles. The van der Waals surface area contributed by atoms with E-state index in [1.807, 2.05) is 13.8 Å². The van der Waals surface area contributed by atoms with Gasteiger partial charge in [0.15, 0.2) is 5.84 Å². The normalized spacial score (nSPS) is 12.6. The van der Waals surface area contributed by atoms with Crippen LogP contribution in [0.25, 0.3) is 0 Å². The number of hydrogen-bond acceptors (Lipinski definition) is 1. The van der Waals surface area contributed by atoms with Gasteiger partial charge in [0.2, 0.25) is 5.84 Å². The minimum Gasteiger partial charge on any atom is -0.380 e. The van der Waals surface area contributed by atoms with Gasteiger partial charge in [-0.2, -0.15) is 13.2 Å². The highest BCUT2D eigenvalue weighted by atomic mass is 19.4. The third-order valence-corrected chi connectivity index (χ3v) is 2.30. The lowest BCUT2D eigenvalue weighted by atomic mass is 10.1. The van der Waals surface area contributed by atoms with Crippen LogP contribution in [-0.2, 0) is 0 Å². The van der Waals surface area contributed by atoms with Crippen molar-refractivity contribution >= 4 is 11.7 Å². The van der Waals surface area contributed by atoms with Gasteiger partial charge < -0.3 is 5.73 Å². The zero-order valence-electron chi connectivity index (χ0n) is 9.39. The van der Waals surface area contributed by atoms with E-state index in [1.165, 1.54) is 6.07 Å². The number of hydrogen-bond donors (Lipinski definition) is 2. The Hall–Kier alpha value is -1.85. The van der Waals surface area contributed by atoms with E-state index in [1.54, 1.807) is 12.1 Å². The predicted molar refractivity (Wildman–Crippen MR) is 60.4 cm³/mol. The molecule has 3 nitrogen and oxygen atoms in total. The molecule has 0 radical (unpaired) electrons. The molecule has 1 rings (SSSR count). The molecule has 0 amide bonds. The molecule has 0 heterocycles. The smallest absolute Gasteiger partial charge is 0.380 e. The molecule has 6 heteroatoms. The Morgan fingerprint density at radius 2 is 1.82 bits per heavy atom. The minimum absolute atomic E-state index is 0.306. The Labute approximate surface area is 96.7 Å². The first-order chi connectivity index (χ1) is 7.71. The highest BCUT2D eigenvalue weighted by molar-refractivity contribution is 6.05. The molecular weight excluding hydrogens is 231 g/mol. The van der Waals surface area contributed by atoms with Crippen LogP contribution in [0, 0.1) is 19.3 Å². The highest BCUT2D eigenvalue weighted by Crippen LogP contribution is 2.16. The van der Waals surface area contributed by atoms with Crippen molar-refractivity contribution in [2.45, 2.75) is 20.0 Å². The summed E-state index contributed by atoms with van der Waals surface area (Å²) in [7, 11) is 0. The Morgan fingerprint density at radius 3 is 2.29 bits per heavy atom. The summed E-state index contributed by atoms with van der Waals surface area (Å²) < 4.78 is 36.3. The van der Waals surface area contributed by atoms with Crippen LogP contribution in [0.3, 0.4) is 0 Å². The molecule has 0 fully saturated rings. The molecule has 17 heavy (non-hydrogen) atoms. The van der Waals surface area contributed by atoms with Gasteiger partial charge in [0.05, 0.1) is 0 Å². The van der Waals surface area contributed by atoms with Gasteiger partial charge in [-0.05, 0) is 31.0 Å². The first-order valence-corrected chi connectivity index (χ1v) is 4.79. The molecule has 92 valence electrons. The van der Waals surface area contributed by atoms with Crippen LogP contribution in [0.4, 0.5) is 13.2 Å². The van der Waals surface area contributed by atoms with E-state index in [9.17, 15) is 13.2 Å². The summed E-state index contributed by atoms with van der Waals surface area (Å²) >= 11 is 0. The van der Waals surface area contributed by atoms with Crippen molar-refractivity contribution < 1.29 is 13.2 Å². The summed E-state index contributed by atoms with van der Waals surface area (Å²) in [6.07, 6.45) is -4.70. The summed E-state index contributed by atoms with van der Waals surface area (Å²) in [6, 6.07) is 4.86. The van der Waals surface area contributed by atoms with Crippen molar-refractivity contribution in [2.24, 2.45) is 10.7 Å².